The summed E-state index contributed by atoms with van der Waals surface area (Å²) in [5.41, 5.74) is 11.9. The summed E-state index contributed by atoms with van der Waals surface area (Å²) in [4.78, 5) is 18.5. The van der Waals surface area contributed by atoms with Crippen molar-refractivity contribution < 1.29 is 4.74 Å². The van der Waals surface area contributed by atoms with Crippen LogP contribution >= 0.6 is 0 Å². The van der Waals surface area contributed by atoms with Crippen LogP contribution in [0.4, 0.5) is 0 Å². The van der Waals surface area contributed by atoms with Crippen molar-refractivity contribution in [1.29, 1.82) is 0 Å². The lowest BCUT2D eigenvalue weighted by Gasteiger charge is -2.18. The van der Waals surface area contributed by atoms with Crippen molar-refractivity contribution in [2.45, 2.75) is 0 Å². The molecule has 2 aromatic heterocycles. The molecule has 11 rings (SSSR count). The minimum absolute atomic E-state index is 0.781. The Labute approximate surface area is 317 Å². The molecule has 5 nitrogen and oxygen atoms in total. The molecule has 0 fully saturated rings. The summed E-state index contributed by atoms with van der Waals surface area (Å²) >= 11 is 0. The lowest BCUT2D eigenvalue weighted by Crippen LogP contribution is -1.95. The second-order valence-electron chi connectivity index (χ2n) is 13.9. The lowest BCUT2D eigenvalue weighted by molar-refractivity contribution is 0.487. The summed E-state index contributed by atoms with van der Waals surface area (Å²) in [6.45, 7) is 0. The van der Waals surface area contributed by atoms with E-state index in [0.717, 1.165) is 112 Å². The van der Waals surface area contributed by atoms with Gasteiger partial charge in [0, 0.05) is 44.5 Å². The average molecular weight is 705 g/mol. The van der Waals surface area contributed by atoms with Crippen LogP contribution in [0.1, 0.15) is 0 Å². The van der Waals surface area contributed by atoms with Crippen molar-refractivity contribution in [3.8, 4) is 90.4 Å². The Kier molecular flexibility index (Phi) is 7.10. The molecule has 1 aliphatic rings. The molecule has 8 aromatic carbocycles. The number of rotatable bonds is 5. The smallest absolute Gasteiger partial charge is 0.139 e. The first-order valence-electron chi connectivity index (χ1n) is 18.5. The largest absolute Gasteiger partial charge is 0.456 e. The van der Waals surface area contributed by atoms with Crippen LogP contribution in [0.25, 0.3) is 100 Å². The van der Waals surface area contributed by atoms with Crippen molar-refractivity contribution in [3.63, 3.8) is 0 Å². The zero-order valence-corrected chi connectivity index (χ0v) is 29.6. The van der Waals surface area contributed by atoms with E-state index in [0.29, 0.717) is 0 Å². The van der Waals surface area contributed by atoms with Gasteiger partial charge in [-0.15, -0.1) is 0 Å². The highest BCUT2D eigenvalue weighted by atomic mass is 16.5. The van der Waals surface area contributed by atoms with Crippen LogP contribution in [0.3, 0.4) is 0 Å². The lowest BCUT2D eigenvalue weighted by atomic mass is 9.86. The number of para-hydroxylation sites is 2. The summed E-state index contributed by atoms with van der Waals surface area (Å²) in [5.74, 6) is 3.15. The standard InChI is InChI=1S/C50H32N4O/c1-3-17-33(18-4-1)45-46(34-19-5-2-6-20-34)52-49(51-45)39-29-27-31-15-7-9-21-35(31)43(39)44-36-22-10-8-16-32(36)28-30-40(44)50-53-47-37-23-11-13-25-41(37)55-42-26-14-12-24-38(42)48(47)54-50/h1-30H,(H,51,52)(H,53,54). The molecule has 0 amide bonds. The van der Waals surface area contributed by atoms with E-state index >= 15 is 0 Å². The molecule has 0 spiro atoms. The minimum Gasteiger partial charge on any atom is -0.456 e. The SMILES string of the molecule is c1ccc(-c2nc(-c3ccc4ccccc4c3-c3c(-c4nc5c([nH]4)-c4ccccc4Oc4ccccc4-5)ccc4ccccc34)[nH]c2-c2ccccc2)cc1. The van der Waals surface area contributed by atoms with Gasteiger partial charge >= 0.3 is 0 Å². The Morgan fingerprint density at radius 3 is 1.45 bits per heavy atom. The number of fused-ring (bicyclic) bond motifs is 7. The molecule has 258 valence electrons. The van der Waals surface area contributed by atoms with Gasteiger partial charge in [-0.05, 0) is 57.9 Å². The number of nitrogens with zero attached hydrogens (tertiary/aromatic N) is 2. The molecule has 0 saturated carbocycles. The monoisotopic (exact) mass is 704 g/mol. The summed E-state index contributed by atoms with van der Waals surface area (Å²) < 4.78 is 6.46. The van der Waals surface area contributed by atoms with Crippen molar-refractivity contribution in [2.75, 3.05) is 0 Å². The van der Waals surface area contributed by atoms with Gasteiger partial charge in [-0.3, -0.25) is 0 Å². The predicted molar refractivity (Wildman–Crippen MR) is 224 cm³/mol. The molecule has 0 bridgehead atoms. The number of aromatic nitrogens is 4. The number of H-pyrrole nitrogens is 2. The maximum absolute atomic E-state index is 6.46. The van der Waals surface area contributed by atoms with Crippen LogP contribution in [-0.2, 0) is 0 Å². The van der Waals surface area contributed by atoms with Gasteiger partial charge in [0.25, 0.3) is 0 Å². The summed E-state index contributed by atoms with van der Waals surface area (Å²) in [5, 5.41) is 4.56. The number of hydrogen-bond donors (Lipinski definition) is 2. The van der Waals surface area contributed by atoms with Gasteiger partial charge in [0.05, 0.1) is 17.1 Å². The Hall–Kier alpha value is -7.50. The van der Waals surface area contributed by atoms with E-state index in [2.05, 4.69) is 143 Å². The van der Waals surface area contributed by atoms with E-state index in [9.17, 15) is 0 Å². The van der Waals surface area contributed by atoms with Crippen LogP contribution in [-0.4, -0.2) is 19.9 Å². The van der Waals surface area contributed by atoms with Gasteiger partial charge < -0.3 is 14.7 Å². The summed E-state index contributed by atoms with van der Waals surface area (Å²) in [7, 11) is 0. The Morgan fingerprint density at radius 1 is 0.345 bits per heavy atom. The zero-order valence-electron chi connectivity index (χ0n) is 29.6. The van der Waals surface area contributed by atoms with Gasteiger partial charge in [-0.1, -0.05) is 146 Å². The molecule has 0 saturated heterocycles. The minimum atomic E-state index is 0.781. The molecule has 0 radical (unpaired) electrons. The number of aromatic amines is 2. The third-order valence-electron chi connectivity index (χ3n) is 10.7. The van der Waals surface area contributed by atoms with E-state index in [1.54, 1.807) is 0 Å². The fourth-order valence-corrected chi connectivity index (χ4v) is 8.12. The van der Waals surface area contributed by atoms with Crippen molar-refractivity contribution in [3.05, 3.63) is 182 Å². The van der Waals surface area contributed by atoms with Crippen LogP contribution in [0.5, 0.6) is 11.5 Å². The predicted octanol–water partition coefficient (Wildman–Crippen LogP) is 13.2. The van der Waals surface area contributed by atoms with Crippen LogP contribution in [0.2, 0.25) is 0 Å². The second kappa shape index (κ2) is 12.6. The Morgan fingerprint density at radius 2 is 0.818 bits per heavy atom. The molecule has 5 heteroatoms. The number of hydrogen-bond acceptors (Lipinski definition) is 3. The molecular weight excluding hydrogens is 673 g/mol. The number of benzene rings is 8. The van der Waals surface area contributed by atoms with Gasteiger partial charge in [-0.2, -0.15) is 0 Å². The van der Waals surface area contributed by atoms with E-state index < -0.39 is 0 Å². The maximum atomic E-state index is 6.46. The zero-order chi connectivity index (χ0) is 36.3. The first kappa shape index (κ1) is 31.1. The van der Waals surface area contributed by atoms with Gasteiger partial charge in [0.15, 0.2) is 0 Å². The second-order valence-corrected chi connectivity index (χ2v) is 13.9. The number of ether oxygens (including phenoxy) is 1. The first-order valence-corrected chi connectivity index (χ1v) is 18.5. The highest BCUT2D eigenvalue weighted by Crippen LogP contribution is 2.49. The average Bonchev–Trinajstić information content (AvgIpc) is 3.87. The molecule has 0 unspecified atom stereocenters. The van der Waals surface area contributed by atoms with Gasteiger partial charge in [-0.25, -0.2) is 9.97 Å². The normalized spacial score (nSPS) is 11.8. The van der Waals surface area contributed by atoms with Crippen molar-refractivity contribution in [1.82, 2.24) is 19.9 Å². The topological polar surface area (TPSA) is 66.6 Å². The third-order valence-corrected chi connectivity index (χ3v) is 10.7. The fraction of sp³-hybridized carbons (Fsp3) is 0. The van der Waals surface area contributed by atoms with Crippen LogP contribution in [0.15, 0.2) is 182 Å². The summed E-state index contributed by atoms with van der Waals surface area (Å²) in [6, 6.07) is 63.3. The highest BCUT2D eigenvalue weighted by Gasteiger charge is 2.28. The Balaban J connectivity index is 1.22. The maximum Gasteiger partial charge on any atom is 0.139 e. The molecule has 3 heterocycles. The fourth-order valence-electron chi connectivity index (χ4n) is 8.12. The summed E-state index contributed by atoms with van der Waals surface area (Å²) in [6.07, 6.45) is 0. The number of imidazole rings is 2. The first-order chi connectivity index (χ1) is 27.3. The molecule has 0 atom stereocenters. The molecule has 10 aromatic rings. The van der Waals surface area contributed by atoms with E-state index in [4.69, 9.17) is 14.7 Å². The van der Waals surface area contributed by atoms with Crippen molar-refractivity contribution in [2.24, 2.45) is 0 Å². The van der Waals surface area contributed by atoms with Crippen LogP contribution < -0.4 is 4.74 Å². The van der Waals surface area contributed by atoms with Gasteiger partial charge in [0.1, 0.15) is 28.8 Å². The van der Waals surface area contributed by atoms with Gasteiger partial charge in [0.2, 0.25) is 0 Å². The van der Waals surface area contributed by atoms with Crippen molar-refractivity contribution >= 4 is 21.5 Å². The van der Waals surface area contributed by atoms with E-state index in [1.807, 2.05) is 48.5 Å². The Bertz CT molecular complexity index is 2950. The molecule has 55 heavy (non-hydrogen) atoms. The highest BCUT2D eigenvalue weighted by molar-refractivity contribution is 6.14. The molecule has 1 aliphatic heterocycles. The number of nitrogens with one attached hydrogen (secondary N) is 2. The molecule has 2 N–H and O–H groups in total. The third kappa shape index (κ3) is 5.09. The van der Waals surface area contributed by atoms with E-state index in [-0.39, 0.29) is 0 Å². The van der Waals surface area contributed by atoms with E-state index in [1.165, 1.54) is 0 Å². The molecule has 0 aliphatic carbocycles. The van der Waals surface area contributed by atoms with Crippen LogP contribution in [0, 0.1) is 0 Å². The quantitative estimate of drug-likeness (QED) is 0.187. The molecular formula is C50H32N4O.